The summed E-state index contributed by atoms with van der Waals surface area (Å²) in [5.41, 5.74) is 0. The summed E-state index contributed by atoms with van der Waals surface area (Å²) in [4.78, 5) is 3.19. The van der Waals surface area contributed by atoms with E-state index in [-0.39, 0.29) is 0 Å². The third-order valence-corrected chi connectivity index (χ3v) is 8.06. The first-order valence-electron chi connectivity index (χ1n) is 18.8. The quantitative estimate of drug-likeness (QED) is 0.0477. The number of rotatable bonds is 30. The van der Waals surface area contributed by atoms with Gasteiger partial charge in [0.1, 0.15) is 0 Å². The minimum absolute atomic E-state index is 1.35. The van der Waals surface area contributed by atoms with Crippen molar-refractivity contribution in [2.24, 2.45) is 0 Å². The lowest BCUT2D eigenvalue weighted by Crippen LogP contribution is -3.05. The molecule has 0 heterocycles. The van der Waals surface area contributed by atoms with Gasteiger partial charge < -0.3 is 18.9 Å². The molecule has 0 amide bonds. The standard InChI is InChI=1S/2C18H39N.H2O4S/c2*1-4-5-6-7-8-9-10-11-12-13-14-15-16-17-18-19(2)3;1-5(2,3)4/h2*4-18H2,1-3H3;(H2,1,2,3,4). The Kier molecular flexibility index (Phi) is 43.7. The van der Waals surface area contributed by atoms with Crippen LogP contribution in [0.25, 0.3) is 0 Å². The molecule has 0 unspecified atom stereocenters. The predicted molar refractivity (Wildman–Crippen MR) is 186 cm³/mol. The smallest absolute Gasteiger partial charge is 0.0766 e. The van der Waals surface area contributed by atoms with Gasteiger partial charge >= 0.3 is 0 Å². The van der Waals surface area contributed by atoms with Crippen LogP contribution in [0.3, 0.4) is 0 Å². The monoisotopic (exact) mass is 637 g/mol. The molecule has 0 atom stereocenters. The van der Waals surface area contributed by atoms with E-state index in [1.165, 1.54) is 193 Å². The Morgan fingerprint density at radius 3 is 0.628 bits per heavy atom. The van der Waals surface area contributed by atoms with Crippen molar-refractivity contribution in [2.75, 3.05) is 41.3 Å². The Morgan fingerprint density at radius 1 is 0.349 bits per heavy atom. The third-order valence-electron chi connectivity index (χ3n) is 8.06. The normalized spacial score (nSPS) is 11.4. The van der Waals surface area contributed by atoms with Crippen LogP contribution in [0.15, 0.2) is 0 Å². The summed E-state index contributed by atoms with van der Waals surface area (Å²) < 4.78 is 34.1. The molecule has 0 aliphatic carbocycles. The number of quaternary nitrogens is 2. The number of nitrogens with one attached hydrogen (secondary N) is 2. The highest BCUT2D eigenvalue weighted by Crippen LogP contribution is 2.14. The molecule has 0 radical (unpaired) electrons. The summed E-state index contributed by atoms with van der Waals surface area (Å²) in [6, 6.07) is 0. The molecule has 0 aromatic rings. The summed E-state index contributed by atoms with van der Waals surface area (Å²) in [6.45, 7) is 7.28. The van der Waals surface area contributed by atoms with E-state index in [0.717, 1.165) is 0 Å². The summed E-state index contributed by atoms with van der Waals surface area (Å²) in [6.07, 6.45) is 40.9. The first-order valence-corrected chi connectivity index (χ1v) is 20.1. The van der Waals surface area contributed by atoms with Gasteiger partial charge in [-0.05, 0) is 25.7 Å². The van der Waals surface area contributed by atoms with E-state index in [1.807, 2.05) is 0 Å². The molecule has 0 aromatic carbocycles. The fraction of sp³-hybridized carbons (Fsp3) is 1.00. The van der Waals surface area contributed by atoms with Gasteiger partial charge in [-0.3, -0.25) is 8.42 Å². The second-order valence-corrected chi connectivity index (χ2v) is 14.3. The number of hydrogen-bond acceptors (Lipinski definition) is 4. The first kappa shape index (κ1) is 47.2. The highest BCUT2D eigenvalue weighted by atomic mass is 32.3. The molecular formula is C36H80N2O4S. The van der Waals surface area contributed by atoms with Crippen LogP contribution in [0.1, 0.15) is 194 Å². The average molecular weight is 637 g/mol. The molecule has 0 spiro atoms. The van der Waals surface area contributed by atoms with E-state index in [1.54, 1.807) is 9.80 Å². The maximum atomic E-state index is 8.52. The van der Waals surface area contributed by atoms with Crippen LogP contribution in [0.5, 0.6) is 0 Å². The minimum atomic E-state index is -5.17. The van der Waals surface area contributed by atoms with Crippen LogP contribution < -0.4 is 9.80 Å². The van der Waals surface area contributed by atoms with Crippen LogP contribution in [-0.2, 0) is 10.4 Å². The summed E-state index contributed by atoms with van der Waals surface area (Å²) in [5.74, 6) is 0. The van der Waals surface area contributed by atoms with Crippen molar-refractivity contribution in [1.82, 2.24) is 0 Å². The lowest BCUT2D eigenvalue weighted by Gasteiger charge is -2.06. The molecule has 43 heavy (non-hydrogen) atoms. The van der Waals surface area contributed by atoms with E-state index >= 15 is 0 Å². The van der Waals surface area contributed by atoms with Crippen molar-refractivity contribution >= 4 is 10.4 Å². The van der Waals surface area contributed by atoms with Crippen LogP contribution in [0.2, 0.25) is 0 Å². The first-order chi connectivity index (χ1) is 20.5. The maximum absolute atomic E-state index is 8.52. The molecule has 0 fully saturated rings. The number of hydrogen-bond donors (Lipinski definition) is 2. The van der Waals surface area contributed by atoms with E-state index in [0.29, 0.717) is 0 Å². The van der Waals surface area contributed by atoms with Crippen molar-refractivity contribution in [3.05, 3.63) is 0 Å². The van der Waals surface area contributed by atoms with Gasteiger partial charge in [-0.25, -0.2) is 0 Å². The zero-order chi connectivity index (χ0) is 32.9. The molecule has 0 rings (SSSR count). The van der Waals surface area contributed by atoms with E-state index in [2.05, 4.69) is 42.0 Å². The highest BCUT2D eigenvalue weighted by molar-refractivity contribution is 7.79. The zero-order valence-corrected chi connectivity index (χ0v) is 31.1. The Bertz CT molecular complexity index is 542. The fourth-order valence-electron chi connectivity index (χ4n) is 5.35. The van der Waals surface area contributed by atoms with Gasteiger partial charge in [0.05, 0.1) is 41.3 Å². The topological polar surface area (TPSA) is 89.1 Å². The van der Waals surface area contributed by atoms with E-state index in [4.69, 9.17) is 17.5 Å². The average Bonchev–Trinajstić information content (AvgIpc) is 2.92. The zero-order valence-electron chi connectivity index (χ0n) is 30.3. The molecule has 0 aliphatic heterocycles. The summed E-state index contributed by atoms with van der Waals surface area (Å²) in [7, 11) is 3.84. The number of unbranched alkanes of at least 4 members (excludes halogenated alkanes) is 26. The van der Waals surface area contributed by atoms with Gasteiger partial charge in [-0.1, -0.05) is 168 Å². The molecule has 7 heteroatoms. The second-order valence-electron chi connectivity index (χ2n) is 13.5. The van der Waals surface area contributed by atoms with Gasteiger partial charge in [-0.15, -0.1) is 0 Å². The highest BCUT2D eigenvalue weighted by Gasteiger charge is 1.97. The second kappa shape index (κ2) is 39.8. The van der Waals surface area contributed by atoms with Crippen molar-refractivity contribution in [3.8, 4) is 0 Å². The van der Waals surface area contributed by atoms with Crippen molar-refractivity contribution in [3.63, 3.8) is 0 Å². The van der Waals surface area contributed by atoms with Gasteiger partial charge in [-0.2, -0.15) is 0 Å². The van der Waals surface area contributed by atoms with Crippen LogP contribution in [0, 0.1) is 0 Å². The third kappa shape index (κ3) is 65.5. The maximum Gasteiger partial charge on any atom is 0.0766 e. The molecule has 0 saturated carbocycles. The van der Waals surface area contributed by atoms with Gasteiger partial charge in [0.15, 0.2) is 0 Å². The molecule has 0 saturated heterocycles. The molecule has 6 nitrogen and oxygen atoms in total. The van der Waals surface area contributed by atoms with Gasteiger partial charge in [0.25, 0.3) is 0 Å². The van der Waals surface area contributed by atoms with Gasteiger partial charge in [0, 0.05) is 10.4 Å². The molecular weight excluding hydrogens is 556 g/mol. The molecule has 0 aromatic heterocycles. The van der Waals surface area contributed by atoms with Crippen molar-refractivity contribution in [1.29, 1.82) is 0 Å². The lowest BCUT2D eigenvalue weighted by molar-refractivity contribution is -0.858. The van der Waals surface area contributed by atoms with Crippen LogP contribution in [-0.4, -0.2) is 58.8 Å². The predicted octanol–water partition coefficient (Wildman–Crippen LogP) is 7.89. The van der Waals surface area contributed by atoms with E-state index in [9.17, 15) is 0 Å². The van der Waals surface area contributed by atoms with Crippen molar-refractivity contribution in [2.45, 2.75) is 194 Å². The van der Waals surface area contributed by atoms with Crippen LogP contribution >= 0.6 is 0 Å². The van der Waals surface area contributed by atoms with E-state index < -0.39 is 10.4 Å². The largest absolute Gasteiger partial charge is 0.759 e. The lowest BCUT2D eigenvalue weighted by atomic mass is 10.0. The SMILES string of the molecule is CCCCCCCCCCCCCCCC[NH+](C)C.CCCCCCCCCCCCCCCC[NH+](C)C.O=S(=O)([O-])[O-]. The summed E-state index contributed by atoms with van der Waals surface area (Å²) >= 11 is 0. The Morgan fingerprint density at radius 2 is 0.488 bits per heavy atom. The Hall–Kier alpha value is -0.210. The Balaban J connectivity index is -0.000000642. The van der Waals surface area contributed by atoms with Gasteiger partial charge in [0.2, 0.25) is 0 Å². The minimum Gasteiger partial charge on any atom is -0.759 e. The summed E-state index contributed by atoms with van der Waals surface area (Å²) in [5, 5.41) is 0. The Labute approximate surface area is 272 Å². The fourth-order valence-corrected chi connectivity index (χ4v) is 5.35. The molecule has 0 aliphatic rings. The van der Waals surface area contributed by atoms with Crippen molar-refractivity contribution < 1.29 is 27.3 Å². The molecule has 0 bridgehead atoms. The molecule has 264 valence electrons. The van der Waals surface area contributed by atoms with Crippen LogP contribution in [0.4, 0.5) is 0 Å². The molecule has 2 N–H and O–H groups in total.